The van der Waals surface area contributed by atoms with Gasteiger partial charge in [-0.2, -0.15) is 0 Å². The van der Waals surface area contributed by atoms with Crippen LogP contribution in [0.2, 0.25) is 5.02 Å². The lowest BCUT2D eigenvalue weighted by Gasteiger charge is -2.20. The summed E-state index contributed by atoms with van der Waals surface area (Å²) in [7, 11) is 1.54. The fourth-order valence-electron chi connectivity index (χ4n) is 1.45. The number of methoxy groups -OCH3 is 1. The van der Waals surface area contributed by atoms with Gasteiger partial charge in [0.2, 0.25) is 0 Å². The average molecular weight is 230 g/mol. The standard InChI is InChI=1S/C11H16ClNO2/c1-6-4-5-8(15-3)10(12)9(6)11(14)7(2)13/h4-5,7,11,14H,13H2,1-3H3. The molecule has 0 aliphatic carbocycles. The lowest BCUT2D eigenvalue weighted by molar-refractivity contribution is 0.152. The third-order valence-corrected chi connectivity index (χ3v) is 2.77. The molecule has 0 spiro atoms. The molecule has 0 saturated heterocycles. The quantitative estimate of drug-likeness (QED) is 0.834. The first-order valence-corrected chi connectivity index (χ1v) is 5.13. The Bertz CT molecular complexity index is 353. The van der Waals surface area contributed by atoms with Gasteiger partial charge in [0.1, 0.15) is 5.75 Å². The molecule has 1 rings (SSSR count). The van der Waals surface area contributed by atoms with Gasteiger partial charge in [-0.15, -0.1) is 0 Å². The first-order chi connectivity index (χ1) is 6.99. The minimum Gasteiger partial charge on any atom is -0.495 e. The maximum absolute atomic E-state index is 9.91. The molecule has 4 heteroatoms. The maximum Gasteiger partial charge on any atom is 0.137 e. The smallest absolute Gasteiger partial charge is 0.137 e. The summed E-state index contributed by atoms with van der Waals surface area (Å²) in [6.45, 7) is 3.62. The largest absolute Gasteiger partial charge is 0.495 e. The van der Waals surface area contributed by atoms with Gasteiger partial charge in [-0.3, -0.25) is 0 Å². The summed E-state index contributed by atoms with van der Waals surface area (Å²) < 4.78 is 5.09. The van der Waals surface area contributed by atoms with E-state index in [2.05, 4.69) is 0 Å². The molecular formula is C11H16ClNO2. The van der Waals surface area contributed by atoms with Crippen LogP contribution in [0.1, 0.15) is 24.2 Å². The fourth-order valence-corrected chi connectivity index (χ4v) is 1.85. The summed E-state index contributed by atoms with van der Waals surface area (Å²) in [4.78, 5) is 0. The average Bonchev–Trinajstić information content (AvgIpc) is 2.17. The summed E-state index contributed by atoms with van der Waals surface area (Å²) in [6, 6.07) is 3.26. The second-order valence-corrected chi connectivity index (χ2v) is 3.99. The number of benzene rings is 1. The Hall–Kier alpha value is -0.770. The Labute approximate surface area is 94.8 Å². The zero-order valence-corrected chi connectivity index (χ0v) is 9.88. The molecule has 2 unspecified atom stereocenters. The van der Waals surface area contributed by atoms with Gasteiger partial charge in [0, 0.05) is 11.6 Å². The van der Waals surface area contributed by atoms with Crippen molar-refractivity contribution in [3.63, 3.8) is 0 Å². The van der Waals surface area contributed by atoms with Crippen LogP contribution < -0.4 is 10.5 Å². The molecule has 0 aliphatic heterocycles. The van der Waals surface area contributed by atoms with Crippen LogP contribution in [0.25, 0.3) is 0 Å². The molecule has 0 heterocycles. The maximum atomic E-state index is 9.91. The van der Waals surface area contributed by atoms with E-state index in [0.717, 1.165) is 5.56 Å². The SMILES string of the molecule is COc1ccc(C)c(C(O)C(C)N)c1Cl. The van der Waals surface area contributed by atoms with E-state index in [4.69, 9.17) is 22.1 Å². The first kappa shape index (κ1) is 12.3. The van der Waals surface area contributed by atoms with Crippen LogP contribution >= 0.6 is 11.6 Å². The monoisotopic (exact) mass is 229 g/mol. The summed E-state index contributed by atoms with van der Waals surface area (Å²) in [5, 5.41) is 10.3. The normalized spacial score (nSPS) is 14.8. The Morgan fingerprint density at radius 2 is 2.07 bits per heavy atom. The van der Waals surface area contributed by atoms with Gasteiger partial charge >= 0.3 is 0 Å². The predicted molar refractivity (Wildman–Crippen MR) is 61.4 cm³/mol. The van der Waals surface area contributed by atoms with Gasteiger partial charge in [0.25, 0.3) is 0 Å². The van der Waals surface area contributed by atoms with Crippen molar-refractivity contribution in [2.75, 3.05) is 7.11 Å². The van der Waals surface area contributed by atoms with Crippen molar-refractivity contribution in [1.29, 1.82) is 0 Å². The van der Waals surface area contributed by atoms with Gasteiger partial charge in [-0.25, -0.2) is 0 Å². The van der Waals surface area contributed by atoms with E-state index in [-0.39, 0.29) is 6.04 Å². The highest BCUT2D eigenvalue weighted by atomic mass is 35.5. The molecule has 0 bridgehead atoms. The van der Waals surface area contributed by atoms with Crippen LogP contribution in [-0.4, -0.2) is 18.3 Å². The van der Waals surface area contributed by atoms with E-state index in [1.165, 1.54) is 0 Å². The molecule has 2 atom stereocenters. The van der Waals surface area contributed by atoms with Crippen molar-refractivity contribution < 1.29 is 9.84 Å². The molecule has 0 fully saturated rings. The molecule has 0 aliphatic rings. The number of hydrogen-bond acceptors (Lipinski definition) is 3. The third kappa shape index (κ3) is 2.43. The first-order valence-electron chi connectivity index (χ1n) is 4.75. The number of aliphatic hydroxyl groups excluding tert-OH is 1. The Balaban J connectivity index is 3.26. The van der Waals surface area contributed by atoms with Crippen molar-refractivity contribution in [3.05, 3.63) is 28.3 Å². The van der Waals surface area contributed by atoms with Gasteiger partial charge in [-0.05, 0) is 25.5 Å². The van der Waals surface area contributed by atoms with E-state index in [1.807, 2.05) is 13.0 Å². The molecule has 1 aromatic carbocycles. The van der Waals surface area contributed by atoms with Crippen LogP contribution in [0.15, 0.2) is 12.1 Å². The van der Waals surface area contributed by atoms with Crippen molar-refractivity contribution in [3.8, 4) is 5.75 Å². The molecular weight excluding hydrogens is 214 g/mol. The van der Waals surface area contributed by atoms with Crippen molar-refractivity contribution in [2.45, 2.75) is 26.0 Å². The number of rotatable bonds is 3. The number of aliphatic hydroxyl groups is 1. The van der Waals surface area contributed by atoms with Crippen LogP contribution in [0, 0.1) is 6.92 Å². The number of halogens is 1. The highest BCUT2D eigenvalue weighted by molar-refractivity contribution is 6.33. The predicted octanol–water partition coefficient (Wildman–Crippen LogP) is 2.04. The number of ether oxygens (including phenoxy) is 1. The fraction of sp³-hybridized carbons (Fsp3) is 0.455. The van der Waals surface area contributed by atoms with Gasteiger partial charge in [0.05, 0.1) is 18.2 Å². The van der Waals surface area contributed by atoms with E-state index < -0.39 is 6.10 Å². The molecule has 3 N–H and O–H groups in total. The van der Waals surface area contributed by atoms with E-state index in [1.54, 1.807) is 20.1 Å². The number of nitrogens with two attached hydrogens (primary N) is 1. The lowest BCUT2D eigenvalue weighted by atomic mass is 9.99. The number of hydrogen-bond donors (Lipinski definition) is 2. The van der Waals surface area contributed by atoms with Crippen molar-refractivity contribution in [2.24, 2.45) is 5.73 Å². The Kier molecular flexibility index (Phi) is 3.97. The molecule has 0 radical (unpaired) electrons. The van der Waals surface area contributed by atoms with Gasteiger partial charge in [-0.1, -0.05) is 17.7 Å². The molecule has 3 nitrogen and oxygen atoms in total. The molecule has 0 aromatic heterocycles. The zero-order chi connectivity index (χ0) is 11.6. The molecule has 84 valence electrons. The van der Waals surface area contributed by atoms with Crippen LogP contribution in [0.4, 0.5) is 0 Å². The summed E-state index contributed by atoms with van der Waals surface area (Å²) in [5.41, 5.74) is 7.20. The number of aryl methyl sites for hydroxylation is 1. The van der Waals surface area contributed by atoms with Gasteiger partial charge < -0.3 is 15.6 Å². The molecule has 0 saturated carbocycles. The van der Waals surface area contributed by atoms with E-state index in [9.17, 15) is 5.11 Å². The third-order valence-electron chi connectivity index (χ3n) is 2.38. The minimum atomic E-state index is -0.771. The Morgan fingerprint density at radius 3 is 2.53 bits per heavy atom. The second-order valence-electron chi connectivity index (χ2n) is 3.62. The minimum absolute atomic E-state index is 0.367. The second kappa shape index (κ2) is 4.84. The molecule has 15 heavy (non-hydrogen) atoms. The topological polar surface area (TPSA) is 55.5 Å². The van der Waals surface area contributed by atoms with Crippen molar-refractivity contribution in [1.82, 2.24) is 0 Å². The summed E-state index contributed by atoms with van der Waals surface area (Å²) in [6.07, 6.45) is -0.771. The highest BCUT2D eigenvalue weighted by Crippen LogP contribution is 2.35. The molecule has 0 amide bonds. The summed E-state index contributed by atoms with van der Waals surface area (Å²) in [5.74, 6) is 0.553. The van der Waals surface area contributed by atoms with Gasteiger partial charge in [0.15, 0.2) is 0 Å². The van der Waals surface area contributed by atoms with Crippen LogP contribution in [0.3, 0.4) is 0 Å². The van der Waals surface area contributed by atoms with Crippen molar-refractivity contribution >= 4 is 11.6 Å². The summed E-state index contributed by atoms with van der Waals surface area (Å²) >= 11 is 6.11. The molecule has 1 aromatic rings. The zero-order valence-electron chi connectivity index (χ0n) is 9.12. The Morgan fingerprint density at radius 1 is 1.47 bits per heavy atom. The highest BCUT2D eigenvalue weighted by Gasteiger charge is 2.20. The van der Waals surface area contributed by atoms with E-state index >= 15 is 0 Å². The van der Waals surface area contributed by atoms with Crippen LogP contribution in [0.5, 0.6) is 5.75 Å². The van der Waals surface area contributed by atoms with E-state index in [0.29, 0.717) is 16.3 Å². The van der Waals surface area contributed by atoms with Crippen LogP contribution in [-0.2, 0) is 0 Å². The lowest BCUT2D eigenvalue weighted by Crippen LogP contribution is -2.25.